The second-order valence-electron chi connectivity index (χ2n) is 10.7. The van der Waals surface area contributed by atoms with Crippen LogP contribution < -0.4 is 10.2 Å². The average molecular weight is 464 g/mol. The van der Waals surface area contributed by atoms with E-state index in [2.05, 4.69) is 48.1 Å². The number of amides is 2. The van der Waals surface area contributed by atoms with Crippen LogP contribution in [0, 0.1) is 0 Å². The first-order chi connectivity index (χ1) is 16.2. The molecular weight excluding hydrogens is 426 g/mol. The lowest BCUT2D eigenvalue weighted by molar-refractivity contribution is -0.141. The topological polar surface area (TPSA) is 68.8 Å². The molecule has 1 unspecified atom stereocenters. The largest absolute Gasteiger partial charge is 0.337 e. The van der Waals surface area contributed by atoms with Crippen LogP contribution in [0.2, 0.25) is 0 Å². The van der Waals surface area contributed by atoms with E-state index in [4.69, 9.17) is 0 Å². The minimum Gasteiger partial charge on any atom is -0.337 e. The molecule has 7 heteroatoms. The van der Waals surface area contributed by atoms with E-state index < -0.39 is 6.04 Å². The Morgan fingerprint density at radius 2 is 1.82 bits per heavy atom. The standard InChI is InChI=1S/C27H37N5O2/c1-27(2,3)20-10-12-21(13-11-20)32(25(33)23-9-7-15-29-23)24(19-8-6-14-28-16-19)26(34)31-17-22(18-31)30(4)5/h6,8,10-14,16,22-24,29H,7,9,15,17-18H2,1-5H3/t23-,24?/m1/s1. The maximum Gasteiger partial charge on any atom is 0.250 e. The van der Waals surface area contributed by atoms with Gasteiger partial charge in [-0.3, -0.25) is 19.5 Å². The number of pyridine rings is 1. The van der Waals surface area contributed by atoms with E-state index in [1.165, 1.54) is 5.56 Å². The molecule has 34 heavy (non-hydrogen) atoms. The Hall–Kier alpha value is -2.77. The third kappa shape index (κ3) is 5.00. The monoisotopic (exact) mass is 463 g/mol. The van der Waals surface area contributed by atoms with Crippen LogP contribution in [-0.4, -0.2) is 72.4 Å². The Morgan fingerprint density at radius 1 is 1.12 bits per heavy atom. The maximum absolute atomic E-state index is 13.9. The number of hydrogen-bond donors (Lipinski definition) is 1. The van der Waals surface area contributed by atoms with Crippen molar-refractivity contribution in [1.29, 1.82) is 0 Å². The van der Waals surface area contributed by atoms with Gasteiger partial charge in [0.25, 0.3) is 5.91 Å². The molecule has 1 aromatic heterocycles. The average Bonchev–Trinajstić information content (AvgIpc) is 3.31. The zero-order valence-corrected chi connectivity index (χ0v) is 21.0. The van der Waals surface area contributed by atoms with Gasteiger partial charge in [-0.25, -0.2) is 0 Å². The van der Waals surface area contributed by atoms with Crippen molar-refractivity contribution in [3.05, 3.63) is 59.9 Å². The zero-order chi connectivity index (χ0) is 24.5. The minimum atomic E-state index is -0.757. The fourth-order valence-corrected chi connectivity index (χ4v) is 4.66. The summed E-state index contributed by atoms with van der Waals surface area (Å²) in [4.78, 5) is 37.8. The number of anilines is 1. The number of benzene rings is 1. The highest BCUT2D eigenvalue weighted by atomic mass is 16.2. The molecule has 4 rings (SSSR count). The van der Waals surface area contributed by atoms with Crippen molar-refractivity contribution in [1.82, 2.24) is 20.1 Å². The van der Waals surface area contributed by atoms with Crippen LogP contribution in [0.5, 0.6) is 0 Å². The van der Waals surface area contributed by atoms with Gasteiger partial charge in [0.05, 0.1) is 6.04 Å². The number of nitrogens with one attached hydrogen (secondary N) is 1. The maximum atomic E-state index is 13.9. The molecule has 0 bridgehead atoms. The van der Waals surface area contributed by atoms with Gasteiger partial charge in [0.2, 0.25) is 5.91 Å². The van der Waals surface area contributed by atoms with E-state index in [9.17, 15) is 9.59 Å². The van der Waals surface area contributed by atoms with Crippen molar-refractivity contribution < 1.29 is 9.59 Å². The van der Waals surface area contributed by atoms with Crippen molar-refractivity contribution in [2.75, 3.05) is 38.6 Å². The molecular formula is C27H37N5O2. The molecule has 0 aliphatic carbocycles. The van der Waals surface area contributed by atoms with E-state index in [1.54, 1.807) is 17.3 Å². The molecule has 0 radical (unpaired) electrons. The van der Waals surface area contributed by atoms with Crippen LogP contribution in [0.3, 0.4) is 0 Å². The number of carbonyl (C=O) groups excluding carboxylic acids is 2. The van der Waals surface area contributed by atoms with E-state index in [-0.39, 0.29) is 23.3 Å². The predicted octanol–water partition coefficient (Wildman–Crippen LogP) is 2.98. The van der Waals surface area contributed by atoms with E-state index in [0.29, 0.717) is 19.1 Å². The first-order valence-electron chi connectivity index (χ1n) is 12.2. The van der Waals surface area contributed by atoms with Gasteiger partial charge < -0.3 is 15.1 Å². The number of nitrogens with zero attached hydrogens (tertiary/aromatic N) is 4. The van der Waals surface area contributed by atoms with Crippen LogP contribution in [0.25, 0.3) is 0 Å². The van der Waals surface area contributed by atoms with Crippen molar-refractivity contribution in [3.8, 4) is 0 Å². The minimum absolute atomic E-state index is 0.00221. The summed E-state index contributed by atoms with van der Waals surface area (Å²) in [5.74, 6) is -0.120. The molecule has 1 N–H and O–H groups in total. The lowest BCUT2D eigenvalue weighted by Gasteiger charge is -2.45. The molecule has 2 aliphatic heterocycles. The van der Waals surface area contributed by atoms with Crippen LogP contribution in [-0.2, 0) is 15.0 Å². The van der Waals surface area contributed by atoms with Gasteiger partial charge >= 0.3 is 0 Å². The smallest absolute Gasteiger partial charge is 0.250 e. The van der Waals surface area contributed by atoms with Crippen molar-refractivity contribution >= 4 is 17.5 Å². The summed E-state index contributed by atoms with van der Waals surface area (Å²) in [7, 11) is 4.06. The van der Waals surface area contributed by atoms with Crippen LogP contribution in [0.4, 0.5) is 5.69 Å². The molecule has 2 atom stereocenters. The van der Waals surface area contributed by atoms with Crippen LogP contribution in [0.15, 0.2) is 48.8 Å². The second-order valence-corrected chi connectivity index (χ2v) is 10.7. The third-order valence-corrected chi connectivity index (χ3v) is 7.00. The SMILES string of the molecule is CN(C)C1CN(C(=O)C(c2cccnc2)N(C(=O)[C@H]2CCCN2)c2ccc(C(C)(C)C)cc2)C1. The highest BCUT2D eigenvalue weighted by Crippen LogP contribution is 2.34. The Balaban J connectivity index is 1.75. The summed E-state index contributed by atoms with van der Waals surface area (Å²) < 4.78 is 0. The molecule has 0 spiro atoms. The molecule has 2 amide bonds. The lowest BCUT2D eigenvalue weighted by atomic mass is 9.87. The molecule has 2 aliphatic rings. The number of likely N-dealkylation sites (tertiary alicyclic amines) is 1. The zero-order valence-electron chi connectivity index (χ0n) is 21.0. The fourth-order valence-electron chi connectivity index (χ4n) is 4.66. The molecule has 1 aromatic carbocycles. The van der Waals surface area contributed by atoms with Crippen LogP contribution >= 0.6 is 0 Å². The molecule has 7 nitrogen and oxygen atoms in total. The first kappa shape index (κ1) is 24.4. The summed E-state index contributed by atoms with van der Waals surface area (Å²) in [6.07, 6.45) is 5.13. The fraction of sp³-hybridized carbons (Fsp3) is 0.519. The van der Waals surface area contributed by atoms with Gasteiger partial charge in [0.15, 0.2) is 0 Å². The molecule has 2 saturated heterocycles. The van der Waals surface area contributed by atoms with Gasteiger partial charge in [-0.05, 0) is 62.7 Å². The van der Waals surface area contributed by atoms with E-state index in [1.807, 2.05) is 43.3 Å². The molecule has 2 aromatic rings. The van der Waals surface area contributed by atoms with Gasteiger partial charge in [-0.15, -0.1) is 0 Å². The quantitative estimate of drug-likeness (QED) is 0.713. The Kier molecular flexibility index (Phi) is 7.05. The highest BCUT2D eigenvalue weighted by molar-refractivity contribution is 6.04. The summed E-state index contributed by atoms with van der Waals surface area (Å²) in [6, 6.07) is 11.1. The number of hydrogen-bond acceptors (Lipinski definition) is 5. The summed E-state index contributed by atoms with van der Waals surface area (Å²) >= 11 is 0. The van der Waals surface area contributed by atoms with Gasteiger partial charge in [0, 0.05) is 42.8 Å². The van der Waals surface area contributed by atoms with E-state index in [0.717, 1.165) is 30.6 Å². The van der Waals surface area contributed by atoms with Gasteiger partial charge in [0.1, 0.15) is 6.04 Å². The third-order valence-electron chi connectivity index (χ3n) is 7.00. The van der Waals surface area contributed by atoms with Gasteiger partial charge in [-0.1, -0.05) is 39.0 Å². The Labute approximate surface area is 203 Å². The molecule has 182 valence electrons. The highest BCUT2D eigenvalue weighted by Gasteiger charge is 2.42. The second kappa shape index (κ2) is 9.84. The van der Waals surface area contributed by atoms with Crippen molar-refractivity contribution in [2.24, 2.45) is 0 Å². The number of carbonyl (C=O) groups is 2. The molecule has 2 fully saturated rings. The molecule has 0 saturated carbocycles. The Morgan fingerprint density at radius 3 is 2.35 bits per heavy atom. The van der Waals surface area contributed by atoms with Crippen molar-refractivity contribution in [3.63, 3.8) is 0 Å². The summed E-state index contributed by atoms with van der Waals surface area (Å²) in [5.41, 5.74) is 2.65. The Bertz CT molecular complexity index is 988. The van der Waals surface area contributed by atoms with E-state index >= 15 is 0 Å². The first-order valence-corrected chi connectivity index (χ1v) is 12.2. The molecule has 3 heterocycles. The predicted molar refractivity (Wildman–Crippen MR) is 135 cm³/mol. The number of rotatable bonds is 6. The number of likely N-dealkylation sites (N-methyl/N-ethyl adjacent to an activating group) is 1. The van der Waals surface area contributed by atoms with Gasteiger partial charge in [-0.2, -0.15) is 0 Å². The van der Waals surface area contributed by atoms with Crippen LogP contribution in [0.1, 0.15) is 50.8 Å². The number of aromatic nitrogens is 1. The lowest BCUT2D eigenvalue weighted by Crippen LogP contribution is -2.62. The summed E-state index contributed by atoms with van der Waals surface area (Å²) in [6.45, 7) is 8.64. The van der Waals surface area contributed by atoms with Crippen molar-refractivity contribution in [2.45, 2.75) is 57.2 Å². The summed E-state index contributed by atoms with van der Waals surface area (Å²) in [5, 5.41) is 3.33. The normalized spacial score (nSPS) is 19.7.